The van der Waals surface area contributed by atoms with Crippen LogP contribution in [-0.2, 0) is 11.2 Å². The summed E-state index contributed by atoms with van der Waals surface area (Å²) < 4.78 is 5.37. The predicted molar refractivity (Wildman–Crippen MR) is 113 cm³/mol. The highest BCUT2D eigenvalue weighted by molar-refractivity contribution is 6.21. The summed E-state index contributed by atoms with van der Waals surface area (Å²) in [5.74, 6) is -0.750. The minimum absolute atomic E-state index is 0.00894. The molecule has 3 aromatic rings. The molecule has 4 rings (SSSR count). The van der Waals surface area contributed by atoms with E-state index in [0.717, 1.165) is 15.8 Å². The molecule has 3 heterocycles. The van der Waals surface area contributed by atoms with Gasteiger partial charge in [-0.1, -0.05) is 12.1 Å². The fourth-order valence-corrected chi connectivity index (χ4v) is 3.54. The second-order valence-electron chi connectivity index (χ2n) is 8.47. The van der Waals surface area contributed by atoms with Gasteiger partial charge in [0, 0.05) is 11.6 Å². The van der Waals surface area contributed by atoms with Crippen molar-refractivity contribution >= 4 is 28.9 Å². The van der Waals surface area contributed by atoms with Gasteiger partial charge in [-0.3, -0.25) is 19.6 Å². The molecule has 0 aliphatic carbocycles. The number of nitrogens with zero attached hydrogens (tertiary/aromatic N) is 3. The van der Waals surface area contributed by atoms with Gasteiger partial charge in [-0.25, -0.2) is 9.78 Å². The fourth-order valence-electron chi connectivity index (χ4n) is 3.54. The summed E-state index contributed by atoms with van der Waals surface area (Å²) >= 11 is 0. The van der Waals surface area contributed by atoms with Crippen molar-refractivity contribution in [2.45, 2.75) is 38.8 Å². The molecule has 1 aromatic carbocycles. The fraction of sp³-hybridized carbons (Fsp3) is 0.318. The molecule has 160 valence electrons. The van der Waals surface area contributed by atoms with Crippen LogP contribution < -0.4 is 5.32 Å². The topological polar surface area (TPSA) is 117 Å². The van der Waals surface area contributed by atoms with Crippen LogP contribution in [0.2, 0.25) is 0 Å². The number of hydrogen-bond donors (Lipinski definition) is 2. The zero-order chi connectivity index (χ0) is 22.2. The van der Waals surface area contributed by atoms with E-state index in [1.54, 1.807) is 57.4 Å². The normalized spacial score (nSPS) is 14.6. The maximum absolute atomic E-state index is 12.8. The molecule has 2 aromatic heterocycles. The number of rotatable bonds is 5. The molecule has 0 saturated heterocycles. The molecule has 31 heavy (non-hydrogen) atoms. The molecule has 9 heteroatoms. The molecule has 0 saturated carbocycles. The lowest BCUT2D eigenvalue weighted by atomic mass is 10.1. The first-order chi connectivity index (χ1) is 14.7. The lowest BCUT2D eigenvalue weighted by molar-refractivity contribution is 0.0468. The summed E-state index contributed by atoms with van der Waals surface area (Å²) in [6.45, 7) is 5.31. The summed E-state index contributed by atoms with van der Waals surface area (Å²) in [6.07, 6.45) is 3.06. The molecule has 9 nitrogen and oxygen atoms in total. The van der Waals surface area contributed by atoms with Crippen LogP contribution in [0.25, 0.3) is 11.0 Å². The van der Waals surface area contributed by atoms with E-state index in [9.17, 15) is 14.4 Å². The minimum atomic E-state index is -0.679. The van der Waals surface area contributed by atoms with E-state index in [1.165, 1.54) is 0 Å². The van der Waals surface area contributed by atoms with Crippen molar-refractivity contribution in [3.8, 4) is 0 Å². The van der Waals surface area contributed by atoms with Crippen molar-refractivity contribution in [3.63, 3.8) is 0 Å². The van der Waals surface area contributed by atoms with E-state index in [2.05, 4.69) is 20.5 Å². The third-order valence-electron chi connectivity index (χ3n) is 4.83. The van der Waals surface area contributed by atoms with Gasteiger partial charge in [0.25, 0.3) is 11.8 Å². The summed E-state index contributed by atoms with van der Waals surface area (Å²) in [7, 11) is 0. The van der Waals surface area contributed by atoms with E-state index in [-0.39, 0.29) is 18.4 Å². The van der Waals surface area contributed by atoms with Crippen molar-refractivity contribution < 1.29 is 19.1 Å². The number of pyridine rings is 1. The van der Waals surface area contributed by atoms with Gasteiger partial charge < -0.3 is 10.1 Å². The number of aromatic amines is 1. The Balaban J connectivity index is 1.56. The molecule has 0 bridgehead atoms. The molecule has 1 atom stereocenters. The number of imide groups is 1. The Hall–Kier alpha value is -3.75. The Labute approximate surface area is 178 Å². The molecule has 1 aliphatic heterocycles. The van der Waals surface area contributed by atoms with Crippen LogP contribution in [0.15, 0.2) is 42.7 Å². The minimum Gasteiger partial charge on any atom is -0.444 e. The Kier molecular flexibility index (Phi) is 5.18. The van der Waals surface area contributed by atoms with Crippen molar-refractivity contribution in [1.82, 2.24) is 25.4 Å². The van der Waals surface area contributed by atoms with Gasteiger partial charge in [0.15, 0.2) is 5.65 Å². The van der Waals surface area contributed by atoms with Gasteiger partial charge in [-0.2, -0.15) is 5.10 Å². The highest BCUT2D eigenvalue weighted by Gasteiger charge is 2.37. The van der Waals surface area contributed by atoms with Gasteiger partial charge >= 0.3 is 6.09 Å². The molecular weight excluding hydrogens is 398 g/mol. The zero-order valence-electron chi connectivity index (χ0n) is 17.5. The smallest absolute Gasteiger partial charge is 0.407 e. The monoisotopic (exact) mass is 421 g/mol. The molecule has 0 spiro atoms. The van der Waals surface area contributed by atoms with Crippen LogP contribution >= 0.6 is 0 Å². The molecular formula is C22H23N5O4. The summed E-state index contributed by atoms with van der Waals surface area (Å²) in [5, 5.41) is 10.4. The number of nitrogens with one attached hydrogen (secondary N) is 2. The van der Waals surface area contributed by atoms with Gasteiger partial charge in [-0.05, 0) is 51.0 Å². The van der Waals surface area contributed by atoms with E-state index < -0.39 is 17.7 Å². The first-order valence-corrected chi connectivity index (χ1v) is 9.94. The lowest BCUT2D eigenvalue weighted by Crippen LogP contribution is -2.48. The Bertz CT molecular complexity index is 1130. The Morgan fingerprint density at radius 2 is 1.84 bits per heavy atom. The van der Waals surface area contributed by atoms with Crippen molar-refractivity contribution in [2.75, 3.05) is 6.54 Å². The second-order valence-corrected chi connectivity index (χ2v) is 8.47. The number of aromatic nitrogens is 3. The van der Waals surface area contributed by atoms with Crippen LogP contribution in [0, 0.1) is 0 Å². The van der Waals surface area contributed by atoms with E-state index in [1.807, 2.05) is 6.07 Å². The van der Waals surface area contributed by atoms with Gasteiger partial charge in [0.05, 0.1) is 29.9 Å². The van der Waals surface area contributed by atoms with Crippen LogP contribution in [0.1, 0.15) is 47.1 Å². The number of ether oxygens (including phenoxy) is 1. The number of alkyl carbamates (subject to hydrolysis) is 1. The van der Waals surface area contributed by atoms with E-state index >= 15 is 0 Å². The summed E-state index contributed by atoms with van der Waals surface area (Å²) in [4.78, 5) is 43.5. The molecule has 1 unspecified atom stereocenters. The molecule has 0 fully saturated rings. The third-order valence-corrected chi connectivity index (χ3v) is 4.83. The molecule has 2 N–H and O–H groups in total. The lowest BCUT2D eigenvalue weighted by Gasteiger charge is -2.26. The highest BCUT2D eigenvalue weighted by atomic mass is 16.6. The van der Waals surface area contributed by atoms with Crippen LogP contribution in [0.4, 0.5) is 4.79 Å². The average Bonchev–Trinajstić information content (AvgIpc) is 3.25. The summed E-state index contributed by atoms with van der Waals surface area (Å²) in [6, 6.07) is 8.03. The van der Waals surface area contributed by atoms with Crippen molar-refractivity contribution in [2.24, 2.45) is 0 Å². The quantitative estimate of drug-likeness (QED) is 0.612. The average molecular weight is 421 g/mol. The second kappa shape index (κ2) is 7.82. The van der Waals surface area contributed by atoms with Crippen LogP contribution in [0.3, 0.4) is 0 Å². The Morgan fingerprint density at radius 1 is 1.16 bits per heavy atom. The van der Waals surface area contributed by atoms with Crippen LogP contribution in [0.5, 0.6) is 0 Å². The number of fused-ring (bicyclic) bond motifs is 2. The van der Waals surface area contributed by atoms with E-state index in [0.29, 0.717) is 23.2 Å². The van der Waals surface area contributed by atoms with Crippen LogP contribution in [-0.4, -0.2) is 56.2 Å². The summed E-state index contributed by atoms with van der Waals surface area (Å²) in [5.41, 5.74) is 1.53. The number of amides is 3. The Morgan fingerprint density at radius 3 is 2.48 bits per heavy atom. The van der Waals surface area contributed by atoms with Gasteiger partial charge in [0.1, 0.15) is 5.60 Å². The number of carbonyl (C=O) groups excluding carboxylic acids is 3. The number of H-pyrrole nitrogens is 1. The SMILES string of the molecule is CC(C)(C)OC(=O)NC(Cc1cnc2[nH]ncc2c1)CN1C(=O)c2ccccc2C1=O. The van der Waals surface area contributed by atoms with Gasteiger partial charge in [0.2, 0.25) is 0 Å². The largest absolute Gasteiger partial charge is 0.444 e. The van der Waals surface area contributed by atoms with E-state index in [4.69, 9.17) is 4.74 Å². The molecule has 3 amide bonds. The highest BCUT2D eigenvalue weighted by Crippen LogP contribution is 2.23. The number of hydrogen-bond acceptors (Lipinski definition) is 6. The first-order valence-electron chi connectivity index (χ1n) is 9.94. The maximum Gasteiger partial charge on any atom is 0.407 e. The standard InChI is InChI=1S/C22H23N5O4/c1-22(2,3)31-21(30)25-15(9-13-8-14-11-24-26-18(14)23-10-13)12-27-19(28)16-6-4-5-7-17(16)20(27)29/h4-8,10-11,15H,9,12H2,1-3H3,(H,25,30)(H,23,24,26). The molecule has 1 aliphatic rings. The first kappa shape index (κ1) is 20.5. The molecule has 0 radical (unpaired) electrons. The maximum atomic E-state index is 12.8. The predicted octanol–water partition coefficient (Wildman–Crippen LogP) is 2.69. The van der Waals surface area contributed by atoms with Gasteiger partial charge in [-0.15, -0.1) is 0 Å². The third kappa shape index (κ3) is 4.40. The zero-order valence-corrected chi connectivity index (χ0v) is 17.5. The number of carbonyl (C=O) groups is 3. The number of benzene rings is 1. The van der Waals surface area contributed by atoms with Crippen molar-refractivity contribution in [1.29, 1.82) is 0 Å². The van der Waals surface area contributed by atoms with Crippen molar-refractivity contribution in [3.05, 3.63) is 59.4 Å².